The van der Waals surface area contributed by atoms with Crippen LogP contribution in [0.1, 0.15) is 34.5 Å². The number of amides is 1. The summed E-state index contributed by atoms with van der Waals surface area (Å²) in [5, 5.41) is 0. The van der Waals surface area contributed by atoms with Crippen LogP contribution in [0.2, 0.25) is 0 Å². The van der Waals surface area contributed by atoms with Crippen molar-refractivity contribution in [3.63, 3.8) is 0 Å². The largest absolute Gasteiger partial charge is 0.459 e. The average molecular weight is 342 g/mol. The summed E-state index contributed by atoms with van der Waals surface area (Å²) in [7, 11) is 0. The number of ether oxygens (including phenoxy) is 2. The fraction of sp³-hybridized carbons (Fsp3) is 0.474. The van der Waals surface area contributed by atoms with Gasteiger partial charge in [-0.1, -0.05) is 0 Å². The summed E-state index contributed by atoms with van der Waals surface area (Å²) in [6.07, 6.45) is 6.96. The molecule has 2 aliphatic heterocycles. The number of carbonyl (C=O) groups is 1. The van der Waals surface area contributed by atoms with Gasteiger partial charge in [0.15, 0.2) is 5.76 Å². The lowest BCUT2D eigenvalue weighted by molar-refractivity contribution is -0.188. The van der Waals surface area contributed by atoms with Crippen LogP contribution in [0.4, 0.5) is 0 Å². The Morgan fingerprint density at radius 3 is 2.88 bits per heavy atom. The molecule has 0 radical (unpaired) electrons. The van der Waals surface area contributed by atoms with E-state index in [-0.39, 0.29) is 17.6 Å². The Labute approximate surface area is 146 Å². The first kappa shape index (κ1) is 16.3. The van der Waals surface area contributed by atoms with Gasteiger partial charge in [0.25, 0.3) is 5.91 Å². The van der Waals surface area contributed by atoms with E-state index in [4.69, 9.17) is 13.9 Å². The molecule has 132 valence electrons. The first-order valence-electron chi connectivity index (χ1n) is 8.63. The molecule has 1 atom stereocenters. The standard InChI is InChI=1S/C19H22N2O4/c1-14-4-8-23-17(14)18(22)21-12-19(13-21)10-16(5-9-25-19)24-11-15-2-6-20-7-3-15/h2-4,6-8,16H,5,9-13H2,1H3. The summed E-state index contributed by atoms with van der Waals surface area (Å²) in [5.74, 6) is 0.368. The van der Waals surface area contributed by atoms with Crippen LogP contribution in [0.3, 0.4) is 0 Å². The van der Waals surface area contributed by atoms with Gasteiger partial charge in [0, 0.05) is 31.0 Å². The van der Waals surface area contributed by atoms with Crippen LogP contribution in [0.5, 0.6) is 0 Å². The first-order chi connectivity index (χ1) is 12.2. The van der Waals surface area contributed by atoms with E-state index >= 15 is 0 Å². The molecule has 2 aromatic heterocycles. The van der Waals surface area contributed by atoms with Crippen LogP contribution in [0.15, 0.2) is 41.3 Å². The van der Waals surface area contributed by atoms with Crippen molar-refractivity contribution in [2.75, 3.05) is 19.7 Å². The van der Waals surface area contributed by atoms with E-state index in [0.29, 0.717) is 32.1 Å². The summed E-state index contributed by atoms with van der Waals surface area (Å²) < 4.78 is 17.4. The highest BCUT2D eigenvalue weighted by molar-refractivity contribution is 5.93. The number of aromatic nitrogens is 1. The maximum atomic E-state index is 12.5. The van der Waals surface area contributed by atoms with E-state index in [1.54, 1.807) is 23.6 Å². The van der Waals surface area contributed by atoms with Crippen molar-refractivity contribution in [1.82, 2.24) is 9.88 Å². The van der Waals surface area contributed by atoms with Crippen molar-refractivity contribution in [3.8, 4) is 0 Å². The highest BCUT2D eigenvalue weighted by Crippen LogP contribution is 2.36. The van der Waals surface area contributed by atoms with E-state index in [2.05, 4.69) is 4.98 Å². The van der Waals surface area contributed by atoms with Crippen LogP contribution in [0.25, 0.3) is 0 Å². The van der Waals surface area contributed by atoms with Crippen LogP contribution in [-0.4, -0.2) is 47.2 Å². The fourth-order valence-corrected chi connectivity index (χ4v) is 3.57. The fourth-order valence-electron chi connectivity index (χ4n) is 3.57. The predicted octanol–water partition coefficient (Wildman–Crippen LogP) is 2.57. The number of aryl methyl sites for hydroxylation is 1. The molecule has 0 N–H and O–H groups in total. The maximum absolute atomic E-state index is 12.5. The van der Waals surface area contributed by atoms with Crippen molar-refractivity contribution >= 4 is 5.91 Å². The highest BCUT2D eigenvalue weighted by atomic mass is 16.5. The molecule has 4 heterocycles. The number of likely N-dealkylation sites (tertiary alicyclic amines) is 1. The van der Waals surface area contributed by atoms with Gasteiger partial charge in [0.1, 0.15) is 5.60 Å². The SMILES string of the molecule is Cc1ccoc1C(=O)N1CC2(CC(OCc3ccncc3)CCO2)C1. The Kier molecular flexibility index (Phi) is 4.31. The second-order valence-corrected chi connectivity index (χ2v) is 6.91. The molecule has 2 aromatic rings. The Morgan fingerprint density at radius 1 is 1.36 bits per heavy atom. The molecular weight excluding hydrogens is 320 g/mol. The Bertz CT molecular complexity index is 737. The summed E-state index contributed by atoms with van der Waals surface area (Å²) in [6, 6.07) is 5.73. The predicted molar refractivity (Wildman–Crippen MR) is 90.1 cm³/mol. The number of furan rings is 1. The van der Waals surface area contributed by atoms with E-state index in [0.717, 1.165) is 24.0 Å². The molecule has 2 saturated heterocycles. The average Bonchev–Trinajstić information content (AvgIpc) is 3.04. The van der Waals surface area contributed by atoms with Gasteiger partial charge in [-0.2, -0.15) is 0 Å². The molecule has 6 nitrogen and oxygen atoms in total. The number of hydrogen-bond donors (Lipinski definition) is 0. The topological polar surface area (TPSA) is 64.8 Å². The second kappa shape index (κ2) is 6.61. The summed E-state index contributed by atoms with van der Waals surface area (Å²) in [5.41, 5.74) is 1.72. The van der Waals surface area contributed by atoms with Crippen molar-refractivity contribution in [2.45, 2.75) is 38.1 Å². The molecular formula is C19H22N2O4. The number of carbonyl (C=O) groups excluding carboxylic acids is 1. The van der Waals surface area contributed by atoms with Gasteiger partial charge in [0.2, 0.25) is 0 Å². The molecule has 0 aliphatic carbocycles. The zero-order valence-corrected chi connectivity index (χ0v) is 14.3. The highest BCUT2D eigenvalue weighted by Gasteiger charge is 2.50. The van der Waals surface area contributed by atoms with E-state index in [9.17, 15) is 4.79 Å². The first-order valence-corrected chi connectivity index (χ1v) is 8.63. The van der Waals surface area contributed by atoms with Crippen LogP contribution >= 0.6 is 0 Å². The van der Waals surface area contributed by atoms with Crippen molar-refractivity contribution in [1.29, 1.82) is 0 Å². The second-order valence-electron chi connectivity index (χ2n) is 6.91. The number of hydrogen-bond acceptors (Lipinski definition) is 5. The van der Waals surface area contributed by atoms with E-state index in [1.165, 1.54) is 0 Å². The summed E-state index contributed by atoms with van der Waals surface area (Å²) >= 11 is 0. The molecule has 1 spiro atoms. The minimum Gasteiger partial charge on any atom is -0.459 e. The normalized spacial score (nSPS) is 22.0. The quantitative estimate of drug-likeness (QED) is 0.854. The van der Waals surface area contributed by atoms with Crippen molar-refractivity contribution < 1.29 is 18.7 Å². The lowest BCUT2D eigenvalue weighted by Crippen LogP contribution is -2.67. The van der Waals surface area contributed by atoms with Crippen LogP contribution < -0.4 is 0 Å². The van der Waals surface area contributed by atoms with Crippen LogP contribution in [0, 0.1) is 6.92 Å². The lowest BCUT2D eigenvalue weighted by atomic mass is 9.84. The molecule has 25 heavy (non-hydrogen) atoms. The van der Waals surface area contributed by atoms with Gasteiger partial charge < -0.3 is 18.8 Å². The third kappa shape index (κ3) is 3.32. The molecule has 1 unspecified atom stereocenters. The molecule has 2 fully saturated rings. The van der Waals surface area contributed by atoms with Gasteiger partial charge in [0.05, 0.1) is 32.1 Å². The number of nitrogens with zero attached hydrogens (tertiary/aromatic N) is 2. The Balaban J connectivity index is 1.32. The third-order valence-corrected chi connectivity index (χ3v) is 4.98. The van der Waals surface area contributed by atoms with Gasteiger partial charge in [-0.05, 0) is 37.1 Å². The van der Waals surface area contributed by atoms with Crippen molar-refractivity contribution in [2.24, 2.45) is 0 Å². The van der Waals surface area contributed by atoms with Gasteiger partial charge >= 0.3 is 0 Å². The molecule has 0 bridgehead atoms. The molecule has 4 rings (SSSR count). The van der Waals surface area contributed by atoms with Crippen LogP contribution in [-0.2, 0) is 16.1 Å². The maximum Gasteiger partial charge on any atom is 0.290 e. The lowest BCUT2D eigenvalue weighted by Gasteiger charge is -2.52. The number of rotatable bonds is 4. The monoisotopic (exact) mass is 342 g/mol. The summed E-state index contributed by atoms with van der Waals surface area (Å²) in [6.45, 7) is 4.33. The molecule has 2 aliphatic rings. The minimum atomic E-state index is -0.267. The Hall–Kier alpha value is -2.18. The molecule has 6 heteroatoms. The van der Waals surface area contributed by atoms with Gasteiger partial charge in [-0.15, -0.1) is 0 Å². The third-order valence-electron chi connectivity index (χ3n) is 4.98. The van der Waals surface area contributed by atoms with Crippen molar-refractivity contribution in [3.05, 3.63) is 53.7 Å². The van der Waals surface area contributed by atoms with Gasteiger partial charge in [-0.3, -0.25) is 9.78 Å². The van der Waals surface area contributed by atoms with E-state index < -0.39 is 0 Å². The smallest absolute Gasteiger partial charge is 0.290 e. The molecule has 0 aromatic carbocycles. The molecule has 0 saturated carbocycles. The Morgan fingerprint density at radius 2 is 2.16 bits per heavy atom. The van der Waals surface area contributed by atoms with Gasteiger partial charge in [-0.25, -0.2) is 0 Å². The summed E-state index contributed by atoms with van der Waals surface area (Å²) in [4.78, 5) is 18.3. The zero-order chi connectivity index (χ0) is 17.3. The number of pyridine rings is 1. The van der Waals surface area contributed by atoms with E-state index in [1.807, 2.05) is 25.1 Å². The molecule has 1 amide bonds. The zero-order valence-electron chi connectivity index (χ0n) is 14.3. The minimum absolute atomic E-state index is 0.0587.